The smallest absolute Gasteiger partial charge is 0.269 e. The Morgan fingerprint density at radius 2 is 1.60 bits per heavy atom. The third kappa shape index (κ3) is 3.71. The Kier molecular flexibility index (Phi) is 5.68. The minimum atomic E-state index is -1.23. The van der Waals surface area contributed by atoms with Crippen LogP contribution in [0, 0.1) is 27.7 Å². The van der Waals surface area contributed by atoms with Gasteiger partial charge in [0, 0.05) is 16.9 Å². The maximum Gasteiger partial charge on any atom is 0.269 e. The first-order valence-corrected chi connectivity index (χ1v) is 12.5. The van der Waals surface area contributed by atoms with Gasteiger partial charge >= 0.3 is 0 Å². The molecular weight excluding hydrogens is 458 g/mol. The van der Waals surface area contributed by atoms with Gasteiger partial charge in [0.1, 0.15) is 6.54 Å². The van der Waals surface area contributed by atoms with Gasteiger partial charge in [-0.25, -0.2) is 0 Å². The third-order valence-corrected chi connectivity index (χ3v) is 8.29. The highest BCUT2D eigenvalue weighted by molar-refractivity contribution is 8.02. The Balaban J connectivity index is 1.51. The quantitative estimate of drug-likeness (QED) is 0.574. The molecule has 1 spiro atoms. The van der Waals surface area contributed by atoms with Crippen molar-refractivity contribution in [3.8, 4) is 0 Å². The predicted octanol–water partition coefficient (Wildman–Crippen LogP) is 4.84. The number of thioether (sulfide) groups is 1. The summed E-state index contributed by atoms with van der Waals surface area (Å²) in [6.07, 6.45) is 0. The minimum Gasteiger partial charge on any atom is -0.325 e. The Morgan fingerprint density at radius 3 is 2.31 bits per heavy atom. The lowest BCUT2D eigenvalue weighted by Gasteiger charge is -2.33. The molecule has 3 amide bonds. The molecule has 0 aromatic heterocycles. The Hall–Kier alpha value is -3.58. The van der Waals surface area contributed by atoms with Gasteiger partial charge in [-0.2, -0.15) is 0 Å². The van der Waals surface area contributed by atoms with E-state index in [2.05, 4.69) is 5.32 Å². The molecule has 1 saturated heterocycles. The lowest BCUT2D eigenvalue weighted by atomic mass is 10.0. The number of amides is 3. The molecule has 2 aliphatic rings. The second kappa shape index (κ2) is 8.57. The summed E-state index contributed by atoms with van der Waals surface area (Å²) in [6, 6.07) is 19.0. The van der Waals surface area contributed by atoms with Gasteiger partial charge in [-0.15, -0.1) is 11.8 Å². The first kappa shape index (κ1) is 23.2. The monoisotopic (exact) mass is 485 g/mol. The highest BCUT2D eigenvalue weighted by Crippen LogP contribution is 2.55. The fraction of sp³-hybridized carbons (Fsp3) is 0.250. The molecule has 0 aliphatic carbocycles. The summed E-state index contributed by atoms with van der Waals surface area (Å²) >= 11 is 1.32. The number of benzene rings is 3. The van der Waals surface area contributed by atoms with Gasteiger partial charge in [0.15, 0.2) is 0 Å². The maximum atomic E-state index is 14.1. The number of nitrogens with zero attached hydrogens (tertiary/aromatic N) is 2. The Morgan fingerprint density at radius 1 is 0.914 bits per heavy atom. The molecule has 1 unspecified atom stereocenters. The van der Waals surface area contributed by atoms with Crippen molar-refractivity contribution in [1.82, 2.24) is 0 Å². The number of anilines is 3. The van der Waals surface area contributed by atoms with Crippen LogP contribution in [0.5, 0.6) is 0 Å². The molecule has 178 valence electrons. The molecule has 0 bridgehead atoms. The van der Waals surface area contributed by atoms with Crippen LogP contribution in [0.2, 0.25) is 0 Å². The van der Waals surface area contributed by atoms with Crippen LogP contribution >= 0.6 is 11.8 Å². The Bertz CT molecular complexity index is 1390. The standard InChI is InChI=1S/C28H27N3O3S/c1-17-9-11-21(13-19(17)3)29-25(32)15-30-24-8-6-5-7-23(24)28(27(30)34)31(26(33)16-35-28)22-12-10-18(2)20(4)14-22/h5-14H,15-16H2,1-4H3,(H,29,32). The van der Waals surface area contributed by atoms with Gasteiger partial charge in [-0.1, -0.05) is 30.3 Å². The van der Waals surface area contributed by atoms with Crippen molar-refractivity contribution in [3.63, 3.8) is 0 Å². The van der Waals surface area contributed by atoms with Gasteiger partial charge in [0.05, 0.1) is 11.4 Å². The van der Waals surface area contributed by atoms with Crippen molar-refractivity contribution in [2.75, 3.05) is 27.4 Å². The number of fused-ring (bicyclic) bond motifs is 2. The highest BCUT2D eigenvalue weighted by atomic mass is 32.2. The molecule has 1 N–H and O–H groups in total. The van der Waals surface area contributed by atoms with Crippen LogP contribution in [-0.2, 0) is 19.3 Å². The zero-order chi connectivity index (χ0) is 24.9. The summed E-state index contributed by atoms with van der Waals surface area (Å²) in [6.45, 7) is 7.88. The number of para-hydroxylation sites is 1. The second-order valence-corrected chi connectivity index (χ2v) is 10.4. The van der Waals surface area contributed by atoms with E-state index in [0.29, 0.717) is 17.1 Å². The van der Waals surface area contributed by atoms with E-state index < -0.39 is 4.87 Å². The number of carbonyl (C=O) groups excluding carboxylic acids is 3. The van der Waals surface area contributed by atoms with Gasteiger partial charge in [0.25, 0.3) is 5.91 Å². The van der Waals surface area contributed by atoms with E-state index in [1.807, 2.05) is 88.4 Å². The van der Waals surface area contributed by atoms with Crippen molar-refractivity contribution in [2.24, 2.45) is 0 Å². The van der Waals surface area contributed by atoms with Crippen molar-refractivity contribution >= 4 is 46.5 Å². The van der Waals surface area contributed by atoms with E-state index in [1.165, 1.54) is 16.7 Å². The van der Waals surface area contributed by atoms with Crippen LogP contribution in [0.4, 0.5) is 17.1 Å². The number of carbonyl (C=O) groups is 3. The van der Waals surface area contributed by atoms with Gasteiger partial charge in [-0.3, -0.25) is 24.2 Å². The topological polar surface area (TPSA) is 69.7 Å². The van der Waals surface area contributed by atoms with Crippen molar-refractivity contribution < 1.29 is 14.4 Å². The van der Waals surface area contributed by atoms with Gasteiger partial charge in [0.2, 0.25) is 16.7 Å². The summed E-state index contributed by atoms with van der Waals surface area (Å²) in [7, 11) is 0. The number of nitrogens with one attached hydrogen (secondary N) is 1. The average molecular weight is 486 g/mol. The van der Waals surface area contributed by atoms with E-state index in [0.717, 1.165) is 27.8 Å². The lowest BCUT2D eigenvalue weighted by Crippen LogP contribution is -2.50. The fourth-order valence-corrected chi connectivity index (χ4v) is 6.10. The summed E-state index contributed by atoms with van der Waals surface area (Å²) in [5.74, 6) is -0.498. The summed E-state index contributed by atoms with van der Waals surface area (Å²) < 4.78 is 0. The van der Waals surface area contributed by atoms with Crippen molar-refractivity contribution in [1.29, 1.82) is 0 Å². The third-order valence-electron chi connectivity index (χ3n) is 6.90. The maximum absolute atomic E-state index is 14.1. The molecule has 7 heteroatoms. The lowest BCUT2D eigenvalue weighted by molar-refractivity contribution is -0.124. The number of hydrogen-bond donors (Lipinski definition) is 1. The van der Waals surface area contributed by atoms with Crippen LogP contribution in [0.3, 0.4) is 0 Å². The van der Waals surface area contributed by atoms with E-state index >= 15 is 0 Å². The largest absolute Gasteiger partial charge is 0.325 e. The molecule has 3 aromatic rings. The normalized spacial score (nSPS) is 19.0. The molecule has 0 radical (unpaired) electrons. The molecule has 5 rings (SSSR count). The average Bonchev–Trinajstić information content (AvgIpc) is 3.29. The summed E-state index contributed by atoms with van der Waals surface area (Å²) in [5.41, 5.74) is 7.15. The molecule has 2 heterocycles. The molecule has 3 aromatic carbocycles. The fourth-order valence-electron chi connectivity index (χ4n) is 4.74. The molecule has 2 aliphatic heterocycles. The van der Waals surface area contributed by atoms with Gasteiger partial charge in [-0.05, 0) is 80.3 Å². The molecule has 1 fully saturated rings. The minimum absolute atomic E-state index is 0.122. The molecule has 1 atom stereocenters. The molecule has 35 heavy (non-hydrogen) atoms. The summed E-state index contributed by atoms with van der Waals surface area (Å²) in [5, 5.41) is 2.91. The van der Waals surface area contributed by atoms with E-state index in [1.54, 1.807) is 4.90 Å². The zero-order valence-electron chi connectivity index (χ0n) is 20.2. The number of aryl methyl sites for hydroxylation is 4. The zero-order valence-corrected chi connectivity index (χ0v) is 21.0. The first-order valence-electron chi connectivity index (χ1n) is 11.5. The number of hydrogen-bond acceptors (Lipinski definition) is 4. The van der Waals surface area contributed by atoms with E-state index in [-0.39, 0.29) is 30.0 Å². The molecule has 0 saturated carbocycles. The van der Waals surface area contributed by atoms with Crippen molar-refractivity contribution in [2.45, 2.75) is 32.6 Å². The second-order valence-electron chi connectivity index (χ2n) is 9.19. The highest BCUT2D eigenvalue weighted by Gasteiger charge is 2.61. The Labute approximate surface area is 209 Å². The van der Waals surface area contributed by atoms with Gasteiger partial charge < -0.3 is 5.32 Å². The van der Waals surface area contributed by atoms with E-state index in [4.69, 9.17) is 0 Å². The molecular formula is C28H27N3O3S. The molecule has 6 nitrogen and oxygen atoms in total. The SMILES string of the molecule is Cc1ccc(NC(=O)CN2C(=O)C3(SCC(=O)N3c3ccc(C)c(C)c3)c3ccccc32)cc1C. The summed E-state index contributed by atoms with van der Waals surface area (Å²) in [4.78, 5) is 42.2. The van der Waals surface area contributed by atoms with Crippen LogP contribution in [0.25, 0.3) is 0 Å². The predicted molar refractivity (Wildman–Crippen MR) is 141 cm³/mol. The van der Waals surface area contributed by atoms with Crippen molar-refractivity contribution in [3.05, 3.63) is 88.5 Å². The van der Waals surface area contributed by atoms with Crippen LogP contribution in [0.1, 0.15) is 27.8 Å². The van der Waals surface area contributed by atoms with Crippen LogP contribution < -0.4 is 15.1 Å². The first-order chi connectivity index (χ1) is 16.7. The van der Waals surface area contributed by atoms with Crippen LogP contribution in [0.15, 0.2) is 60.7 Å². The van der Waals surface area contributed by atoms with Crippen LogP contribution in [-0.4, -0.2) is 30.0 Å². The van der Waals surface area contributed by atoms with E-state index in [9.17, 15) is 14.4 Å². The number of rotatable bonds is 4.